The van der Waals surface area contributed by atoms with E-state index in [1.807, 2.05) is 0 Å². The quantitative estimate of drug-likeness (QED) is 0.0902. The van der Waals surface area contributed by atoms with Gasteiger partial charge in [0.05, 0.1) is 45.1 Å². The summed E-state index contributed by atoms with van der Waals surface area (Å²) in [7, 11) is -15.3. The van der Waals surface area contributed by atoms with Gasteiger partial charge in [-0.05, 0) is 78.4 Å². The Bertz CT molecular complexity index is 3690. The molecule has 0 atom stereocenters. The monoisotopic (exact) mass is 898 g/mol. The molecule has 0 spiro atoms. The van der Waals surface area contributed by atoms with Crippen molar-refractivity contribution in [1.29, 1.82) is 0 Å². The van der Waals surface area contributed by atoms with Crippen molar-refractivity contribution in [2.75, 3.05) is 0 Å². The average Bonchev–Trinajstić information content (AvgIpc) is 4.04. The van der Waals surface area contributed by atoms with Gasteiger partial charge in [-0.1, -0.05) is 78.9 Å². The fourth-order valence-corrected chi connectivity index (χ4v) is 9.96. The van der Waals surface area contributed by atoms with E-state index < -0.39 is 62.1 Å². The molecule has 15 nitrogen and oxygen atoms in total. The normalized spacial score (nSPS) is 12.9. The van der Waals surface area contributed by atoms with Crippen LogP contribution in [0.15, 0.2) is 148 Å². The zero-order valence-corrected chi connectivity index (χ0v) is 34.6. The minimum Gasteiger partial charge on any atom is -0.478 e. The van der Waals surface area contributed by atoms with Gasteiger partial charge in [-0.25, -0.2) is 14.8 Å². The second kappa shape index (κ2) is 15.2. The summed E-state index contributed by atoms with van der Waals surface area (Å²) < 4.78 is 113. The standard InChI is InChI=1S/C45H30N4O11S3/c50-45(51)42-40(26-10-2-1-3-11-26)36-25-30-21-20-28(47-30)22-27-18-19-29(46-27)23-31-24-34(32-12-4-7-15-37(32)61(52,53)54)43(48-31)41(33-13-5-8-16-38(33)62(55,56)57)44(42)49(36)35-14-6-9-17-39(35)63(58,59)60/h1-25,46H,(H,50,51)(H,52,53,54)(H,55,56,57)(H,58,59,60). The first kappa shape index (κ1) is 41.1. The molecule has 5 N–H and O–H groups in total. The topological polar surface area (TPSA) is 247 Å². The van der Waals surface area contributed by atoms with E-state index in [1.54, 1.807) is 66.7 Å². The van der Waals surface area contributed by atoms with Gasteiger partial charge in [-0.15, -0.1) is 0 Å². The van der Waals surface area contributed by atoms with Crippen LogP contribution < -0.4 is 0 Å². The molecule has 8 bridgehead atoms. The van der Waals surface area contributed by atoms with Crippen LogP contribution in [-0.4, -0.2) is 69.5 Å². The highest BCUT2D eigenvalue weighted by molar-refractivity contribution is 7.86. The van der Waals surface area contributed by atoms with Crippen LogP contribution in [0.5, 0.6) is 0 Å². The van der Waals surface area contributed by atoms with Gasteiger partial charge < -0.3 is 14.7 Å². The summed E-state index contributed by atoms with van der Waals surface area (Å²) in [6.07, 6.45) is 4.81. The summed E-state index contributed by atoms with van der Waals surface area (Å²) in [5.41, 5.74) is -0.157. The minimum atomic E-state index is -5.19. The highest BCUT2D eigenvalue weighted by atomic mass is 32.2. The largest absolute Gasteiger partial charge is 0.478 e. The fraction of sp³-hybridized carbons (Fsp3) is 0. The Morgan fingerprint density at radius 2 is 1.08 bits per heavy atom. The lowest BCUT2D eigenvalue weighted by Crippen LogP contribution is -2.09. The molecule has 0 fully saturated rings. The van der Waals surface area contributed by atoms with Gasteiger partial charge in [0.15, 0.2) is 0 Å². The third-order valence-corrected chi connectivity index (χ3v) is 13.0. The number of aromatic nitrogens is 4. The Kier molecular flexibility index (Phi) is 9.93. The molecule has 7 aromatic rings. The number of hydrogen-bond acceptors (Lipinski definition) is 9. The molecule has 3 aromatic heterocycles. The Morgan fingerprint density at radius 3 is 1.70 bits per heavy atom. The molecule has 5 heterocycles. The van der Waals surface area contributed by atoms with E-state index in [1.165, 1.54) is 71.3 Å². The summed E-state index contributed by atoms with van der Waals surface area (Å²) in [5.74, 6) is -1.59. The van der Waals surface area contributed by atoms with Gasteiger partial charge in [0.1, 0.15) is 14.7 Å². The third kappa shape index (κ3) is 7.56. The van der Waals surface area contributed by atoms with E-state index >= 15 is 0 Å². The molecule has 0 amide bonds. The molecular formula is C45H30N4O11S3. The van der Waals surface area contributed by atoms with Gasteiger partial charge in [0.25, 0.3) is 30.4 Å². The summed E-state index contributed by atoms with van der Waals surface area (Å²) in [6.45, 7) is 0. The number of carboxylic acids is 1. The number of carboxylic acid groups (broad SMARTS) is 1. The Balaban J connectivity index is 1.69. The lowest BCUT2D eigenvalue weighted by Gasteiger charge is -2.17. The van der Waals surface area contributed by atoms with E-state index in [9.17, 15) is 48.8 Å². The number of aromatic carboxylic acids is 1. The van der Waals surface area contributed by atoms with Crippen LogP contribution in [0.25, 0.3) is 73.8 Å². The maximum absolute atomic E-state index is 14.2. The predicted octanol–water partition coefficient (Wildman–Crippen LogP) is 8.31. The molecule has 63 heavy (non-hydrogen) atoms. The molecule has 0 radical (unpaired) electrons. The van der Waals surface area contributed by atoms with Gasteiger partial charge in [0, 0.05) is 38.9 Å². The van der Waals surface area contributed by atoms with Gasteiger partial charge in [0.2, 0.25) is 0 Å². The molecule has 0 aliphatic carbocycles. The van der Waals surface area contributed by atoms with E-state index in [2.05, 4.69) is 4.98 Å². The molecule has 0 unspecified atom stereocenters. The predicted molar refractivity (Wildman–Crippen MR) is 236 cm³/mol. The molecule has 9 rings (SSSR count). The third-order valence-electron chi connectivity index (χ3n) is 10.3. The summed E-state index contributed by atoms with van der Waals surface area (Å²) in [5, 5.41) is 11.6. The van der Waals surface area contributed by atoms with Crippen LogP contribution in [0.3, 0.4) is 0 Å². The SMILES string of the molecule is O=C(O)c1c(-c2ccccc2)c2cc3nc(cc4ccc(cc5nc(c(-c6ccccc6S(=O)(=O)O)c1n2-c1ccccc1S(=O)(=O)O)C(c1ccccc1S(=O)(=O)O)=C5)[nH]4)C=C3. The maximum Gasteiger partial charge on any atom is 0.338 e. The highest BCUT2D eigenvalue weighted by Gasteiger charge is 2.34. The highest BCUT2D eigenvalue weighted by Crippen LogP contribution is 2.47. The molecule has 314 valence electrons. The van der Waals surface area contributed by atoms with Gasteiger partial charge >= 0.3 is 5.97 Å². The Hall–Kier alpha value is -7.32. The minimum absolute atomic E-state index is 0.0105. The molecule has 4 aromatic carbocycles. The van der Waals surface area contributed by atoms with Crippen molar-refractivity contribution in [2.45, 2.75) is 14.7 Å². The zero-order valence-electron chi connectivity index (χ0n) is 32.1. The Labute approximate surface area is 358 Å². The summed E-state index contributed by atoms with van der Waals surface area (Å²) in [6, 6.07) is 32.1. The number of hydrogen-bond donors (Lipinski definition) is 5. The summed E-state index contributed by atoms with van der Waals surface area (Å²) in [4.78, 5) is 25.2. The van der Waals surface area contributed by atoms with Crippen molar-refractivity contribution in [1.82, 2.24) is 19.5 Å². The number of nitrogens with one attached hydrogen (secondary N) is 1. The molecule has 0 saturated carbocycles. The molecule has 2 aliphatic heterocycles. The first-order chi connectivity index (χ1) is 30.0. The smallest absolute Gasteiger partial charge is 0.338 e. The van der Waals surface area contributed by atoms with Crippen molar-refractivity contribution in [3.63, 3.8) is 0 Å². The number of H-pyrrole nitrogens is 1. The van der Waals surface area contributed by atoms with Crippen molar-refractivity contribution < 1.29 is 48.8 Å². The van der Waals surface area contributed by atoms with E-state index in [0.717, 1.165) is 18.2 Å². The van der Waals surface area contributed by atoms with E-state index in [0.29, 0.717) is 22.3 Å². The summed E-state index contributed by atoms with van der Waals surface area (Å²) >= 11 is 0. The van der Waals surface area contributed by atoms with Crippen molar-refractivity contribution in [3.8, 4) is 27.9 Å². The number of aromatic amines is 1. The lowest BCUT2D eigenvalue weighted by molar-refractivity contribution is 0.0699. The second-order valence-corrected chi connectivity index (χ2v) is 18.5. The lowest BCUT2D eigenvalue weighted by atomic mass is 9.93. The first-order valence-corrected chi connectivity index (χ1v) is 23.0. The maximum atomic E-state index is 14.2. The van der Waals surface area contributed by atoms with Crippen LogP contribution in [0.4, 0.5) is 0 Å². The number of carbonyl (C=O) groups is 1. The number of fused-ring (bicyclic) bond motifs is 8. The molecular weight excluding hydrogens is 869 g/mol. The van der Waals surface area contributed by atoms with Crippen LogP contribution in [-0.2, 0) is 30.4 Å². The van der Waals surface area contributed by atoms with Crippen molar-refractivity contribution >= 4 is 82.2 Å². The number of rotatable bonds is 8. The number of para-hydroxylation sites is 1. The number of benzene rings is 4. The first-order valence-electron chi connectivity index (χ1n) is 18.7. The molecule has 0 saturated heterocycles. The van der Waals surface area contributed by atoms with Crippen LogP contribution in [0, 0.1) is 0 Å². The van der Waals surface area contributed by atoms with E-state index in [-0.39, 0.29) is 56.1 Å². The molecule has 18 heteroatoms. The zero-order chi connectivity index (χ0) is 44.4. The van der Waals surface area contributed by atoms with Crippen molar-refractivity contribution in [2.24, 2.45) is 0 Å². The van der Waals surface area contributed by atoms with Crippen molar-refractivity contribution in [3.05, 3.63) is 167 Å². The average molecular weight is 899 g/mol. The van der Waals surface area contributed by atoms with Gasteiger partial charge in [-0.3, -0.25) is 13.7 Å². The van der Waals surface area contributed by atoms with Crippen LogP contribution in [0.2, 0.25) is 0 Å². The van der Waals surface area contributed by atoms with Gasteiger partial charge in [-0.2, -0.15) is 25.3 Å². The molecule has 2 aliphatic rings. The van der Waals surface area contributed by atoms with Crippen LogP contribution >= 0.6 is 0 Å². The number of nitrogens with zero attached hydrogens (tertiary/aromatic N) is 3. The second-order valence-electron chi connectivity index (χ2n) is 14.3. The van der Waals surface area contributed by atoms with E-state index in [4.69, 9.17) is 9.97 Å². The Morgan fingerprint density at radius 1 is 0.556 bits per heavy atom. The van der Waals surface area contributed by atoms with Crippen LogP contribution in [0.1, 0.15) is 38.7 Å². The fourth-order valence-electron chi connectivity index (χ4n) is 7.88.